The number of methoxy groups -OCH3 is 2. The molecule has 35 heteroatoms. The largest absolute Gasteiger partial charge is 0.465 e. The number of likely N-dealkylation sites (tertiary alicyclic amines) is 1. The molecule has 1 aliphatic heterocycles. The Morgan fingerprint density at radius 1 is 0.661 bits per heavy atom. The number of nitrogens with zero attached hydrogens (tertiary/aromatic N) is 7. The van der Waals surface area contributed by atoms with Crippen LogP contribution in [-0.4, -0.2) is 242 Å². The van der Waals surface area contributed by atoms with Crippen molar-refractivity contribution in [2.45, 2.75) is 185 Å². The molecule has 3 unspecified atom stereocenters. The zero-order chi connectivity index (χ0) is 83.2. The molecule has 0 bridgehead atoms. The lowest BCUT2D eigenvalue weighted by Gasteiger charge is -2.40. The molecule has 12 atom stereocenters. The number of aromatic nitrogens is 4. The summed E-state index contributed by atoms with van der Waals surface area (Å²) in [6.45, 7) is 16.5. The summed E-state index contributed by atoms with van der Waals surface area (Å²) in [5.41, 5.74) is 3.54. The van der Waals surface area contributed by atoms with Crippen molar-refractivity contribution in [3.05, 3.63) is 114 Å². The fourth-order valence-corrected chi connectivity index (χ4v) is 14.5. The number of benzene rings is 3. The first-order chi connectivity index (χ1) is 52.8. The minimum absolute atomic E-state index is 0.0121. The van der Waals surface area contributed by atoms with Crippen LogP contribution in [0.15, 0.2) is 102 Å². The zero-order valence-electron chi connectivity index (χ0n) is 66.4. The molecule has 10 amide bonds. The maximum absolute atomic E-state index is 14.8. The van der Waals surface area contributed by atoms with Gasteiger partial charge in [0.05, 0.1) is 61.9 Å². The molecule has 6 rings (SSSR count). The van der Waals surface area contributed by atoms with Gasteiger partial charge in [-0.25, -0.2) is 41.6 Å². The minimum atomic E-state index is -3.76. The van der Waals surface area contributed by atoms with Gasteiger partial charge < -0.3 is 72.0 Å². The van der Waals surface area contributed by atoms with E-state index in [-0.39, 0.29) is 55.6 Å². The van der Waals surface area contributed by atoms with E-state index < -0.39 is 169 Å². The van der Waals surface area contributed by atoms with E-state index in [0.29, 0.717) is 70.4 Å². The maximum Gasteiger partial charge on any atom is 0.407 e. The van der Waals surface area contributed by atoms with E-state index >= 15 is 0 Å². The summed E-state index contributed by atoms with van der Waals surface area (Å²) in [6.07, 6.45) is 4.88. The third-order valence-corrected chi connectivity index (χ3v) is 21.6. The molecule has 0 aliphatic carbocycles. The van der Waals surface area contributed by atoms with Gasteiger partial charge in [-0.05, 0) is 122 Å². The molecule has 3 aromatic carbocycles. The predicted molar refractivity (Wildman–Crippen MR) is 417 cm³/mol. The van der Waals surface area contributed by atoms with Gasteiger partial charge >= 0.3 is 6.09 Å². The van der Waals surface area contributed by atoms with Crippen LogP contribution in [0.3, 0.4) is 0 Å². The number of likely N-dealkylation sites (N-methyl/N-ethyl adjacent to an activating group) is 1. The van der Waals surface area contributed by atoms with Crippen molar-refractivity contribution in [3.8, 4) is 22.3 Å². The molecule has 112 heavy (non-hydrogen) atoms. The molecular weight excluding hydrogens is 1490 g/mol. The number of anilines is 1. The predicted octanol–water partition coefficient (Wildman–Crippen LogP) is 3.86. The minimum Gasteiger partial charge on any atom is -0.465 e. The molecule has 0 radical (unpaired) electrons. The fourth-order valence-electron chi connectivity index (χ4n) is 13.5. The average molecular weight is 1600 g/mol. The van der Waals surface area contributed by atoms with Crippen LogP contribution in [0.4, 0.5) is 10.5 Å². The topological polar surface area (TPSA) is 455 Å². The second-order valence-electron chi connectivity index (χ2n) is 29.0. The molecule has 0 saturated carbocycles. The number of carbonyl (C=O) groups excluding carboxylic acids is 9. The van der Waals surface area contributed by atoms with E-state index in [1.54, 1.807) is 116 Å². The summed E-state index contributed by atoms with van der Waals surface area (Å²) in [5.74, 6) is -7.51. The van der Waals surface area contributed by atoms with Crippen molar-refractivity contribution in [2.24, 2.45) is 23.7 Å². The highest BCUT2D eigenvalue weighted by Crippen LogP contribution is 2.32. The number of ether oxygens (including phenoxy) is 2. The molecule has 10 N–H and O–H groups in total. The first kappa shape index (κ1) is 90.9. The first-order valence-electron chi connectivity index (χ1n) is 37.2. The molecule has 0 spiro atoms. The number of carbonyl (C=O) groups is 10. The Bertz CT molecular complexity index is 4260. The van der Waals surface area contributed by atoms with Crippen LogP contribution < -0.4 is 42.5 Å². The lowest BCUT2D eigenvalue weighted by molar-refractivity contribution is -0.147. The summed E-state index contributed by atoms with van der Waals surface area (Å²) in [7, 11) is -1.24. The van der Waals surface area contributed by atoms with Crippen LogP contribution in [-0.2, 0) is 80.5 Å². The third kappa shape index (κ3) is 24.8. The number of rotatable bonds is 40. The smallest absolute Gasteiger partial charge is 0.407 e. The van der Waals surface area contributed by atoms with Crippen LogP contribution in [0.5, 0.6) is 0 Å². The molecule has 1 fully saturated rings. The summed E-state index contributed by atoms with van der Waals surface area (Å²) >= 11 is 0. The van der Waals surface area contributed by atoms with Crippen molar-refractivity contribution in [1.29, 1.82) is 0 Å². The van der Waals surface area contributed by atoms with E-state index in [4.69, 9.17) is 9.47 Å². The van der Waals surface area contributed by atoms with Gasteiger partial charge in [0.2, 0.25) is 77.2 Å². The fraction of sp³-hybridized carbons (Fsp3) is 0.532. The van der Waals surface area contributed by atoms with Crippen molar-refractivity contribution in [1.82, 2.24) is 71.9 Å². The van der Waals surface area contributed by atoms with Crippen molar-refractivity contribution >= 4 is 84.6 Å². The Balaban J connectivity index is 1.03. The van der Waals surface area contributed by atoms with E-state index in [0.717, 1.165) is 17.4 Å². The monoisotopic (exact) mass is 1600 g/mol. The summed E-state index contributed by atoms with van der Waals surface area (Å²) in [6, 6.07) is 11.9. The Hall–Kier alpha value is -9.94. The van der Waals surface area contributed by atoms with Gasteiger partial charge in [-0.2, -0.15) is 0 Å². The molecule has 5 aromatic rings. The van der Waals surface area contributed by atoms with Crippen LogP contribution >= 0.6 is 0 Å². The van der Waals surface area contributed by atoms with Gasteiger partial charge in [0.15, 0.2) is 0 Å². The van der Waals surface area contributed by atoms with Gasteiger partial charge in [0, 0.05) is 101 Å². The van der Waals surface area contributed by atoms with Crippen LogP contribution in [0, 0.1) is 23.7 Å². The Labute approximate surface area is 655 Å². The summed E-state index contributed by atoms with van der Waals surface area (Å²) in [4.78, 5) is 158. The standard InChI is InChI=1S/C77H109N15O18S2/c1-17-45(7)66(60(109-13)35-63(95)91-29-22-25-59(91)68(110-14)46(8)69(97)85-47(9)67(96)50-23-20-19-21-24-50)90(12)74(102)58(18-2)88-73(101)65(44(5)6)92(77(103)104)30-28-49-26-27-57(34-54(49)36-78-11)87-70(98)48(10)86-72(100)64(43(3)4)89-62(94)42-79-61(93)41-80-71(99)53-32-51(55-37-81-75(82-38-55)111(15,105)106)31-52(33-53)56-39-83-76(84-40-56)112(16,107)108/h19-21,23-24,26-27,31-34,37-40,43-48,58-60,64-68,78,96H,17-18,22,25,28-30,35-36,41-42H2,1-16H3,(H,79,93)(H,80,99)(H,85,97)(H,86,100)(H,87,98)(H,88,101)(H,89,94)(H,103,104)/t45-,46+,47+,48-,58?,59-,60+,64-,65?,66?,67+,68+/m0/s1. The van der Waals surface area contributed by atoms with Gasteiger partial charge in [-0.3, -0.25) is 48.1 Å². The van der Waals surface area contributed by atoms with E-state index in [1.807, 2.05) is 19.9 Å². The second kappa shape index (κ2) is 41.5. The molecular formula is C77H109N15O18S2. The molecule has 1 aliphatic rings. The van der Waals surface area contributed by atoms with Crippen LogP contribution in [0.1, 0.15) is 134 Å². The molecule has 3 heterocycles. The lowest BCUT2D eigenvalue weighted by atomic mass is 9.89. The number of aliphatic hydroxyl groups excluding tert-OH is 1. The number of nitrogens with one attached hydrogen (secondary N) is 8. The molecule has 612 valence electrons. The average Bonchev–Trinajstić information content (AvgIpc) is 1.15. The third-order valence-electron chi connectivity index (χ3n) is 19.9. The summed E-state index contributed by atoms with van der Waals surface area (Å²) < 4.78 is 60.2. The van der Waals surface area contributed by atoms with E-state index in [2.05, 4.69) is 62.5 Å². The van der Waals surface area contributed by atoms with Crippen molar-refractivity contribution in [2.75, 3.05) is 72.3 Å². The van der Waals surface area contributed by atoms with E-state index in [1.165, 1.54) is 63.0 Å². The molecule has 33 nitrogen and oxygen atoms in total. The SMILES string of the molecule is CCC(NC(=O)C(C(C)C)N(CCc1ccc(NC(=O)[C@H](C)NC(=O)[C@@H](NC(=O)CNC(=O)CNC(=O)c2cc(-c3cnc(S(C)(=O)=O)nc3)cc(-c3cnc(S(C)(=O)=O)nc3)c2)C(C)C)cc1CNC)C(=O)O)C(=O)N(C)C([C@@H](C)CC)[C@@H](CC(=O)N1CCC[C@H]1[C@H](OC)[C@@H](C)C(=O)N[C@H](C)[C@@H](O)c1ccccc1)OC. The highest BCUT2D eigenvalue weighted by molar-refractivity contribution is 7.90. The quantitative estimate of drug-likeness (QED) is 0.0249. The Kier molecular flexibility index (Phi) is 33.7. The number of amides is 10. The number of hydrogen-bond acceptors (Lipinski definition) is 22. The summed E-state index contributed by atoms with van der Waals surface area (Å²) in [5, 5.41) is 42.6. The highest BCUT2D eigenvalue weighted by atomic mass is 32.2. The van der Waals surface area contributed by atoms with Crippen molar-refractivity contribution in [3.63, 3.8) is 0 Å². The molecule has 2 aromatic heterocycles. The zero-order valence-corrected chi connectivity index (χ0v) is 68.0. The van der Waals surface area contributed by atoms with Gasteiger partial charge in [-0.1, -0.05) is 98.2 Å². The van der Waals surface area contributed by atoms with Gasteiger partial charge in [0.25, 0.3) is 5.91 Å². The molecule has 1 saturated heterocycles. The second-order valence-corrected chi connectivity index (χ2v) is 32.8. The normalized spacial score (nSPS) is 16.0. The van der Waals surface area contributed by atoms with Crippen molar-refractivity contribution < 1.29 is 84.5 Å². The lowest BCUT2D eigenvalue weighted by Crippen LogP contribution is -2.59. The van der Waals surface area contributed by atoms with E-state index in [9.17, 15) is 75.0 Å². The number of aliphatic hydroxyl groups is 1. The number of sulfone groups is 2. The van der Waals surface area contributed by atoms with Crippen LogP contribution in [0.25, 0.3) is 22.3 Å². The Morgan fingerprint density at radius 2 is 1.25 bits per heavy atom. The van der Waals surface area contributed by atoms with Gasteiger partial charge in [-0.15, -0.1) is 0 Å². The number of carboxylic acid groups (broad SMARTS) is 1. The van der Waals surface area contributed by atoms with Gasteiger partial charge in [0.1, 0.15) is 24.2 Å². The van der Waals surface area contributed by atoms with Crippen LogP contribution in [0.2, 0.25) is 0 Å². The number of hydrogen-bond donors (Lipinski definition) is 10. The Morgan fingerprint density at radius 3 is 1.77 bits per heavy atom. The highest BCUT2D eigenvalue weighted by Gasteiger charge is 2.44. The first-order valence-corrected chi connectivity index (χ1v) is 40.9. The maximum atomic E-state index is 14.8.